The molecular formula is C31H47NO3. The van der Waals surface area contributed by atoms with Crippen molar-refractivity contribution in [1.29, 1.82) is 0 Å². The molecule has 2 rings (SSSR count). The molecule has 1 aliphatic carbocycles. The predicted octanol–water partition coefficient (Wildman–Crippen LogP) is 7.73. The zero-order chi connectivity index (χ0) is 26.5. The van der Waals surface area contributed by atoms with Crippen LogP contribution in [0.15, 0.2) is 54.0 Å². The van der Waals surface area contributed by atoms with Crippen LogP contribution >= 0.6 is 0 Å². The lowest BCUT2D eigenvalue weighted by atomic mass is 9.80. The van der Waals surface area contributed by atoms with Crippen molar-refractivity contribution in [2.24, 2.45) is 17.8 Å². The quantitative estimate of drug-likeness (QED) is 0.223. The third-order valence-electron chi connectivity index (χ3n) is 6.78. The van der Waals surface area contributed by atoms with Crippen molar-refractivity contribution in [3.05, 3.63) is 70.6 Å². The van der Waals surface area contributed by atoms with Gasteiger partial charge >= 0.3 is 0 Å². The molecule has 1 aromatic carbocycles. The molecule has 1 aromatic rings. The first-order chi connectivity index (χ1) is 16.5. The van der Waals surface area contributed by atoms with Gasteiger partial charge < -0.3 is 10.1 Å². The minimum Gasteiger partial charge on any atom is -0.497 e. The van der Waals surface area contributed by atoms with Crippen LogP contribution in [-0.2, 0) is 16.0 Å². The minimum absolute atomic E-state index is 0.146. The van der Waals surface area contributed by atoms with Crippen molar-refractivity contribution < 1.29 is 14.3 Å². The number of carbonyl (C=O) groups is 2. The summed E-state index contributed by atoms with van der Waals surface area (Å²) >= 11 is 0. The van der Waals surface area contributed by atoms with Gasteiger partial charge in [0.1, 0.15) is 5.76 Å². The number of ether oxygens (including phenoxy) is 1. The Hall–Kier alpha value is -2.62. The van der Waals surface area contributed by atoms with E-state index in [9.17, 15) is 9.59 Å². The molecule has 4 nitrogen and oxygen atoms in total. The third-order valence-corrected chi connectivity index (χ3v) is 6.78. The highest BCUT2D eigenvalue weighted by Gasteiger charge is 2.25. The number of rotatable bonds is 9. The Morgan fingerprint density at radius 2 is 1.77 bits per heavy atom. The Bertz CT molecular complexity index is 915. The first-order valence-corrected chi connectivity index (χ1v) is 13.1. The number of aryl methyl sites for hydroxylation is 1. The number of ketones is 1. The summed E-state index contributed by atoms with van der Waals surface area (Å²) in [6.07, 6.45) is 10.5. The number of carbonyl (C=O) groups excluding carboxylic acids is 2. The Labute approximate surface area is 213 Å². The van der Waals surface area contributed by atoms with Crippen molar-refractivity contribution in [3.63, 3.8) is 0 Å². The summed E-state index contributed by atoms with van der Waals surface area (Å²) in [5.74, 6) is 2.25. The second kappa shape index (κ2) is 15.4. The molecular weight excluding hydrogens is 434 g/mol. The number of hydrogen-bond donors (Lipinski definition) is 1. The number of allylic oxidation sites excluding steroid dienone is 3. The number of nitrogens with one attached hydrogen (secondary N) is 1. The summed E-state index contributed by atoms with van der Waals surface area (Å²) in [6.45, 7) is 18.0. The van der Waals surface area contributed by atoms with Gasteiger partial charge in [0.05, 0.1) is 7.11 Å². The van der Waals surface area contributed by atoms with Crippen LogP contribution in [-0.4, -0.2) is 18.8 Å². The molecule has 0 heterocycles. The standard InChI is InChI=1S/C20H33NO2.C11H14O/c1-7-17-8-10-18(11-9-17)20(22)21-19(12-14(2)3)13-15(4)16(5)23-6;1-4-10-8(2)6-5-7-11(10)9(3)12/h12-14,17-18H,5,7-11H2,1-4,6H3,(H,21,22);5-7H,4H2,1-3H3/b15-13-,19-12+;. The van der Waals surface area contributed by atoms with E-state index in [2.05, 4.69) is 45.7 Å². The molecule has 0 saturated heterocycles. The van der Waals surface area contributed by atoms with Gasteiger partial charge in [0.25, 0.3) is 0 Å². The molecule has 1 amide bonds. The van der Waals surface area contributed by atoms with E-state index in [-0.39, 0.29) is 17.6 Å². The molecule has 0 atom stereocenters. The second-order valence-corrected chi connectivity index (χ2v) is 9.95. The summed E-state index contributed by atoms with van der Waals surface area (Å²) < 4.78 is 5.16. The van der Waals surface area contributed by atoms with Crippen LogP contribution in [0.2, 0.25) is 0 Å². The van der Waals surface area contributed by atoms with Gasteiger partial charge in [-0.05, 0) is 87.5 Å². The Morgan fingerprint density at radius 1 is 1.14 bits per heavy atom. The number of Topliss-reactive ketones (excluding diaryl/α,β-unsaturated/α-hetero) is 1. The fourth-order valence-corrected chi connectivity index (χ4v) is 4.54. The third kappa shape index (κ3) is 10.3. The molecule has 0 aromatic heterocycles. The fraction of sp³-hybridized carbons (Fsp3) is 0.548. The van der Waals surface area contributed by atoms with Gasteiger partial charge in [-0.1, -0.05) is 65.0 Å². The average molecular weight is 482 g/mol. The molecule has 1 saturated carbocycles. The lowest BCUT2D eigenvalue weighted by Crippen LogP contribution is -2.32. The van der Waals surface area contributed by atoms with E-state index in [1.807, 2.05) is 38.1 Å². The number of benzene rings is 1. The first kappa shape index (κ1) is 30.4. The highest BCUT2D eigenvalue weighted by molar-refractivity contribution is 5.95. The van der Waals surface area contributed by atoms with E-state index in [0.29, 0.717) is 11.7 Å². The first-order valence-electron chi connectivity index (χ1n) is 13.1. The summed E-state index contributed by atoms with van der Waals surface area (Å²) in [6, 6.07) is 5.88. The monoisotopic (exact) mass is 481 g/mol. The van der Waals surface area contributed by atoms with Gasteiger partial charge in [-0.3, -0.25) is 9.59 Å². The van der Waals surface area contributed by atoms with Crippen LogP contribution < -0.4 is 5.32 Å². The molecule has 1 aliphatic rings. The zero-order valence-electron chi connectivity index (χ0n) is 23.3. The summed E-state index contributed by atoms with van der Waals surface area (Å²) in [5.41, 5.74) is 5.04. The van der Waals surface area contributed by atoms with Crippen molar-refractivity contribution in [1.82, 2.24) is 5.32 Å². The molecule has 1 fully saturated rings. The van der Waals surface area contributed by atoms with Gasteiger partial charge in [-0.15, -0.1) is 0 Å². The zero-order valence-corrected chi connectivity index (χ0v) is 23.3. The molecule has 35 heavy (non-hydrogen) atoms. The largest absolute Gasteiger partial charge is 0.497 e. The Balaban J connectivity index is 0.000000427. The normalized spacial score (nSPS) is 18.4. The number of amides is 1. The minimum atomic E-state index is 0.146. The van der Waals surface area contributed by atoms with E-state index in [0.717, 1.165) is 42.0 Å². The van der Waals surface area contributed by atoms with E-state index >= 15 is 0 Å². The Morgan fingerprint density at radius 3 is 2.23 bits per heavy atom. The van der Waals surface area contributed by atoms with Gasteiger partial charge in [0.2, 0.25) is 5.91 Å². The van der Waals surface area contributed by atoms with Gasteiger partial charge in [-0.2, -0.15) is 0 Å². The van der Waals surface area contributed by atoms with E-state index < -0.39 is 0 Å². The lowest BCUT2D eigenvalue weighted by molar-refractivity contribution is -0.125. The number of hydrogen-bond acceptors (Lipinski definition) is 3. The molecule has 1 N–H and O–H groups in total. The number of methoxy groups -OCH3 is 1. The highest BCUT2D eigenvalue weighted by atomic mass is 16.5. The molecule has 0 aliphatic heterocycles. The van der Waals surface area contributed by atoms with E-state index in [1.165, 1.54) is 30.4 Å². The molecule has 0 unspecified atom stereocenters. The summed E-state index contributed by atoms with van der Waals surface area (Å²) in [7, 11) is 1.61. The highest BCUT2D eigenvalue weighted by Crippen LogP contribution is 2.31. The summed E-state index contributed by atoms with van der Waals surface area (Å²) in [5, 5.41) is 3.11. The SMILES string of the molecule is C=C(OC)/C(C)=C\C(=C/C(C)C)NC(=O)C1CCC(CC)CC1.CCc1c(C)cccc1C(C)=O. The predicted molar refractivity (Wildman–Crippen MR) is 147 cm³/mol. The molecule has 194 valence electrons. The van der Waals surface area contributed by atoms with Crippen LogP contribution in [0.1, 0.15) is 95.1 Å². The van der Waals surface area contributed by atoms with Crippen molar-refractivity contribution >= 4 is 11.7 Å². The van der Waals surface area contributed by atoms with E-state index in [4.69, 9.17) is 4.74 Å². The lowest BCUT2D eigenvalue weighted by Gasteiger charge is -2.27. The van der Waals surface area contributed by atoms with E-state index in [1.54, 1.807) is 14.0 Å². The molecule has 0 spiro atoms. The van der Waals surface area contributed by atoms with Crippen LogP contribution in [0.5, 0.6) is 0 Å². The molecule has 0 bridgehead atoms. The molecule has 4 heteroatoms. The smallest absolute Gasteiger partial charge is 0.227 e. The van der Waals surface area contributed by atoms with Crippen molar-refractivity contribution in [3.8, 4) is 0 Å². The maximum absolute atomic E-state index is 12.6. The second-order valence-electron chi connectivity index (χ2n) is 9.95. The maximum atomic E-state index is 12.6. The van der Waals surface area contributed by atoms with Crippen LogP contribution in [0.3, 0.4) is 0 Å². The molecule has 0 radical (unpaired) electrons. The van der Waals surface area contributed by atoms with Crippen molar-refractivity contribution in [2.45, 2.75) is 87.0 Å². The fourth-order valence-electron chi connectivity index (χ4n) is 4.54. The Kier molecular flexibility index (Phi) is 13.4. The van der Waals surface area contributed by atoms with Crippen molar-refractivity contribution in [2.75, 3.05) is 7.11 Å². The van der Waals surface area contributed by atoms with Gasteiger partial charge in [-0.25, -0.2) is 0 Å². The maximum Gasteiger partial charge on any atom is 0.227 e. The van der Waals surface area contributed by atoms with Gasteiger partial charge in [0, 0.05) is 17.2 Å². The summed E-state index contributed by atoms with van der Waals surface area (Å²) in [4.78, 5) is 23.7. The van der Waals surface area contributed by atoms with Crippen LogP contribution in [0.25, 0.3) is 0 Å². The van der Waals surface area contributed by atoms with Gasteiger partial charge in [0.15, 0.2) is 5.78 Å². The van der Waals surface area contributed by atoms with Crippen LogP contribution in [0, 0.1) is 24.7 Å². The average Bonchev–Trinajstić information content (AvgIpc) is 2.83. The topological polar surface area (TPSA) is 55.4 Å². The van der Waals surface area contributed by atoms with Crippen LogP contribution in [0.4, 0.5) is 0 Å².